The molecule has 6 heteroatoms. The third-order valence-electron chi connectivity index (χ3n) is 2.45. The van der Waals surface area contributed by atoms with Gasteiger partial charge in [0, 0.05) is 28.7 Å². The van der Waals surface area contributed by atoms with Gasteiger partial charge in [0.1, 0.15) is 0 Å². The van der Waals surface area contributed by atoms with Crippen molar-refractivity contribution in [2.24, 2.45) is 0 Å². The molecule has 0 spiro atoms. The zero-order valence-corrected chi connectivity index (χ0v) is 13.3. The molecule has 0 fully saturated rings. The summed E-state index contributed by atoms with van der Waals surface area (Å²) < 4.78 is 1.85. The minimum atomic E-state index is 0.117. The maximum atomic E-state index is 4.65. The quantitative estimate of drug-likeness (QED) is 0.810. The minimum Gasteiger partial charge on any atom is -0.246 e. The van der Waals surface area contributed by atoms with Gasteiger partial charge in [-0.1, -0.05) is 41.9 Å². The number of nitrogens with zero attached hydrogens (tertiary/aromatic N) is 4. The van der Waals surface area contributed by atoms with Crippen molar-refractivity contribution in [1.29, 1.82) is 0 Å². The number of hydrogen-bond acceptors (Lipinski definition) is 4. The normalized spacial score (nSPS) is 12.0. The van der Waals surface area contributed by atoms with Crippen molar-refractivity contribution in [3.63, 3.8) is 0 Å². The Kier molecular flexibility index (Phi) is 4.17. The molecule has 0 saturated carbocycles. The van der Waals surface area contributed by atoms with Crippen molar-refractivity contribution in [2.45, 2.75) is 39.2 Å². The van der Waals surface area contributed by atoms with Crippen LogP contribution in [0.2, 0.25) is 0 Å². The molecule has 0 amide bonds. The van der Waals surface area contributed by atoms with E-state index in [-0.39, 0.29) is 5.41 Å². The third-order valence-corrected chi connectivity index (χ3v) is 4.17. The summed E-state index contributed by atoms with van der Waals surface area (Å²) in [5.74, 6) is 0. The first-order chi connectivity index (χ1) is 8.49. The second kappa shape index (κ2) is 5.48. The fourth-order valence-electron chi connectivity index (χ4n) is 1.52. The molecule has 2 rings (SSSR count). The van der Waals surface area contributed by atoms with Gasteiger partial charge in [-0.2, -0.15) is 0 Å². The van der Waals surface area contributed by atoms with E-state index in [0.29, 0.717) is 6.54 Å². The van der Waals surface area contributed by atoms with Gasteiger partial charge in [0.2, 0.25) is 0 Å². The fraction of sp³-hybridized carbons (Fsp3) is 0.583. The van der Waals surface area contributed by atoms with Gasteiger partial charge in [0.25, 0.3) is 0 Å². The first kappa shape index (κ1) is 13.7. The fourth-order valence-corrected chi connectivity index (χ4v) is 2.82. The predicted molar refractivity (Wildman–Crippen MR) is 77.4 cm³/mol. The smallest absolute Gasteiger partial charge is 0.0982 e. The number of aryl methyl sites for hydroxylation is 1. The average molecular weight is 329 g/mol. The largest absolute Gasteiger partial charge is 0.246 e. The maximum absolute atomic E-state index is 4.65. The van der Waals surface area contributed by atoms with Crippen molar-refractivity contribution in [3.05, 3.63) is 28.0 Å². The summed E-state index contributed by atoms with van der Waals surface area (Å²) in [6, 6.07) is 0. The Hall–Kier alpha value is -0.750. The Morgan fingerprint density at radius 1 is 1.33 bits per heavy atom. The van der Waals surface area contributed by atoms with Gasteiger partial charge in [0.15, 0.2) is 0 Å². The SMILES string of the molecule is CC(C)(C)c1nc(Cn2cc(CCBr)nn2)cs1. The van der Waals surface area contributed by atoms with Crippen molar-refractivity contribution in [3.8, 4) is 0 Å². The maximum Gasteiger partial charge on any atom is 0.0982 e. The number of hydrogen-bond donors (Lipinski definition) is 0. The van der Waals surface area contributed by atoms with Gasteiger partial charge in [-0.3, -0.25) is 0 Å². The van der Waals surface area contributed by atoms with E-state index in [9.17, 15) is 0 Å². The highest BCUT2D eigenvalue weighted by atomic mass is 79.9. The van der Waals surface area contributed by atoms with E-state index >= 15 is 0 Å². The summed E-state index contributed by atoms with van der Waals surface area (Å²) in [4.78, 5) is 4.65. The van der Waals surface area contributed by atoms with E-state index < -0.39 is 0 Å². The summed E-state index contributed by atoms with van der Waals surface area (Å²) in [5, 5.41) is 12.4. The zero-order valence-electron chi connectivity index (χ0n) is 10.9. The van der Waals surface area contributed by atoms with Crippen molar-refractivity contribution in [2.75, 3.05) is 5.33 Å². The van der Waals surface area contributed by atoms with Gasteiger partial charge >= 0.3 is 0 Å². The number of alkyl halides is 1. The molecule has 0 unspecified atom stereocenters. The number of rotatable bonds is 4. The molecule has 0 aliphatic heterocycles. The third kappa shape index (κ3) is 3.38. The van der Waals surface area contributed by atoms with E-state index in [2.05, 4.69) is 57.4 Å². The predicted octanol–water partition coefficient (Wildman–Crippen LogP) is 3.02. The topological polar surface area (TPSA) is 43.6 Å². The van der Waals surface area contributed by atoms with Crippen molar-refractivity contribution < 1.29 is 0 Å². The van der Waals surface area contributed by atoms with Crippen LogP contribution in [0.25, 0.3) is 0 Å². The Bertz CT molecular complexity index is 512. The van der Waals surface area contributed by atoms with Crippen LogP contribution in [0.1, 0.15) is 37.2 Å². The molecule has 0 N–H and O–H groups in total. The van der Waals surface area contributed by atoms with Gasteiger partial charge in [0.05, 0.1) is 22.9 Å². The van der Waals surface area contributed by atoms with Gasteiger partial charge < -0.3 is 0 Å². The van der Waals surface area contributed by atoms with Crippen LogP contribution >= 0.6 is 27.3 Å². The minimum absolute atomic E-state index is 0.117. The first-order valence-electron chi connectivity index (χ1n) is 5.89. The monoisotopic (exact) mass is 328 g/mol. The Morgan fingerprint density at radius 2 is 2.11 bits per heavy atom. The Morgan fingerprint density at radius 3 is 2.72 bits per heavy atom. The second-order valence-electron chi connectivity index (χ2n) is 5.24. The number of aromatic nitrogens is 4. The standard InChI is InChI=1S/C12H17BrN4S/c1-12(2,3)11-14-10(8-18-11)7-17-6-9(4-5-13)15-16-17/h6,8H,4-5,7H2,1-3H3. The lowest BCUT2D eigenvalue weighted by molar-refractivity contribution is 0.577. The van der Waals surface area contributed by atoms with Crippen LogP contribution in [0, 0.1) is 0 Å². The molecule has 0 aliphatic carbocycles. The molecule has 18 heavy (non-hydrogen) atoms. The van der Waals surface area contributed by atoms with Crippen LogP contribution in [-0.4, -0.2) is 25.3 Å². The molecule has 0 saturated heterocycles. The number of halogens is 1. The number of thiazole rings is 1. The molecular weight excluding hydrogens is 312 g/mol. The van der Waals surface area contributed by atoms with E-state index in [1.165, 1.54) is 5.01 Å². The summed E-state index contributed by atoms with van der Waals surface area (Å²) in [6.07, 6.45) is 2.89. The van der Waals surface area contributed by atoms with Gasteiger partial charge in [-0.15, -0.1) is 16.4 Å². The van der Waals surface area contributed by atoms with Crippen LogP contribution in [0.3, 0.4) is 0 Å². The van der Waals surface area contributed by atoms with E-state index in [0.717, 1.165) is 23.1 Å². The zero-order chi connectivity index (χ0) is 13.2. The molecule has 0 aromatic carbocycles. The van der Waals surface area contributed by atoms with Crippen LogP contribution in [0.4, 0.5) is 0 Å². The molecule has 0 aliphatic rings. The molecule has 2 aromatic heterocycles. The van der Waals surface area contributed by atoms with Crippen LogP contribution in [-0.2, 0) is 18.4 Å². The lowest BCUT2D eigenvalue weighted by Gasteiger charge is -2.13. The molecule has 0 atom stereocenters. The highest BCUT2D eigenvalue weighted by Crippen LogP contribution is 2.25. The Labute approximate surface area is 120 Å². The Balaban J connectivity index is 2.06. The van der Waals surface area contributed by atoms with E-state index in [1.54, 1.807) is 11.3 Å². The molecule has 2 heterocycles. The van der Waals surface area contributed by atoms with E-state index in [4.69, 9.17) is 0 Å². The van der Waals surface area contributed by atoms with Crippen LogP contribution in [0.5, 0.6) is 0 Å². The lowest BCUT2D eigenvalue weighted by atomic mass is 9.98. The molecule has 2 aromatic rings. The van der Waals surface area contributed by atoms with E-state index in [1.807, 2.05) is 10.9 Å². The van der Waals surface area contributed by atoms with Crippen LogP contribution in [0.15, 0.2) is 11.6 Å². The highest BCUT2D eigenvalue weighted by molar-refractivity contribution is 9.09. The molecular formula is C12H17BrN4S. The van der Waals surface area contributed by atoms with Crippen molar-refractivity contribution >= 4 is 27.3 Å². The average Bonchev–Trinajstić information content (AvgIpc) is 2.88. The highest BCUT2D eigenvalue weighted by Gasteiger charge is 2.18. The molecule has 98 valence electrons. The van der Waals surface area contributed by atoms with Crippen LogP contribution < -0.4 is 0 Å². The summed E-state index contributed by atoms with van der Waals surface area (Å²) >= 11 is 5.11. The summed E-state index contributed by atoms with van der Waals surface area (Å²) in [6.45, 7) is 7.24. The summed E-state index contributed by atoms with van der Waals surface area (Å²) in [7, 11) is 0. The van der Waals surface area contributed by atoms with Gasteiger partial charge in [-0.05, 0) is 0 Å². The molecule has 0 bridgehead atoms. The van der Waals surface area contributed by atoms with Gasteiger partial charge in [-0.25, -0.2) is 9.67 Å². The molecule has 0 radical (unpaired) electrons. The molecule has 4 nitrogen and oxygen atoms in total. The first-order valence-corrected chi connectivity index (χ1v) is 7.89. The lowest BCUT2D eigenvalue weighted by Crippen LogP contribution is -2.11. The summed E-state index contributed by atoms with van der Waals surface area (Å²) in [5.41, 5.74) is 2.19. The second-order valence-corrected chi connectivity index (χ2v) is 6.89. The van der Waals surface area contributed by atoms with Crippen molar-refractivity contribution in [1.82, 2.24) is 20.0 Å².